The Balaban J connectivity index is 1.21. The molecule has 4 heterocycles. The van der Waals surface area contributed by atoms with Gasteiger partial charge in [0.05, 0.1) is 5.69 Å². The molecular formula is C22H26FN3OS. The van der Waals surface area contributed by atoms with E-state index in [4.69, 9.17) is 4.52 Å². The Labute approximate surface area is 168 Å². The van der Waals surface area contributed by atoms with Crippen molar-refractivity contribution in [3.63, 3.8) is 0 Å². The molecule has 0 atom stereocenters. The SMILES string of the molecule is Cc1sc2c(c1CCN1CCC(c3noc4cc(F)ccc34)CC1)CCNC2. The zero-order valence-corrected chi connectivity index (χ0v) is 17.1. The molecule has 148 valence electrons. The molecule has 6 heteroatoms. The highest BCUT2D eigenvalue weighted by Crippen LogP contribution is 2.34. The number of likely N-dealkylation sites (tertiary alicyclic amines) is 1. The van der Waals surface area contributed by atoms with Gasteiger partial charge in [0.1, 0.15) is 5.82 Å². The zero-order valence-electron chi connectivity index (χ0n) is 16.3. The summed E-state index contributed by atoms with van der Waals surface area (Å²) in [5.41, 5.74) is 4.79. The van der Waals surface area contributed by atoms with Crippen LogP contribution >= 0.6 is 11.3 Å². The second-order valence-electron chi connectivity index (χ2n) is 8.04. The van der Waals surface area contributed by atoms with E-state index in [0.717, 1.165) is 63.1 Å². The van der Waals surface area contributed by atoms with Crippen LogP contribution in [0, 0.1) is 12.7 Å². The summed E-state index contributed by atoms with van der Waals surface area (Å²) in [6, 6.07) is 4.73. The smallest absolute Gasteiger partial charge is 0.170 e. The van der Waals surface area contributed by atoms with E-state index in [1.54, 1.807) is 22.1 Å². The molecule has 1 aromatic carbocycles. The van der Waals surface area contributed by atoms with Crippen LogP contribution in [0.2, 0.25) is 0 Å². The molecule has 0 saturated carbocycles. The zero-order chi connectivity index (χ0) is 19.1. The summed E-state index contributed by atoms with van der Waals surface area (Å²) in [6.07, 6.45) is 4.51. The summed E-state index contributed by atoms with van der Waals surface area (Å²) in [7, 11) is 0. The summed E-state index contributed by atoms with van der Waals surface area (Å²) in [6.45, 7) is 7.75. The minimum Gasteiger partial charge on any atom is -0.356 e. The number of hydrogen-bond acceptors (Lipinski definition) is 5. The van der Waals surface area contributed by atoms with Crippen LogP contribution in [0.3, 0.4) is 0 Å². The minimum atomic E-state index is -0.272. The number of aryl methyl sites for hydroxylation is 1. The highest BCUT2D eigenvalue weighted by atomic mass is 32.1. The number of nitrogens with one attached hydrogen (secondary N) is 1. The normalized spacial score (nSPS) is 18.6. The standard InChI is InChI=1S/C22H26FN3OS/c1-14-17(18-4-8-24-13-21(18)28-14)7-11-26-9-5-15(6-10-26)22-19-3-2-16(23)12-20(19)27-25-22/h2-3,12,15,24H,4-11,13H2,1H3. The number of nitrogens with zero attached hydrogens (tertiary/aromatic N) is 2. The molecular weight excluding hydrogens is 373 g/mol. The van der Waals surface area contributed by atoms with E-state index in [9.17, 15) is 4.39 Å². The molecule has 3 aromatic rings. The fraction of sp³-hybridized carbons (Fsp3) is 0.500. The fourth-order valence-corrected chi connectivity index (χ4v) is 6.03. The topological polar surface area (TPSA) is 41.3 Å². The van der Waals surface area contributed by atoms with Crippen LogP contribution < -0.4 is 5.32 Å². The van der Waals surface area contributed by atoms with Gasteiger partial charge in [-0.15, -0.1) is 11.3 Å². The van der Waals surface area contributed by atoms with E-state index in [-0.39, 0.29) is 5.82 Å². The van der Waals surface area contributed by atoms with Crippen LogP contribution in [0.25, 0.3) is 11.0 Å². The van der Waals surface area contributed by atoms with Crippen molar-refractivity contribution in [2.75, 3.05) is 26.2 Å². The number of rotatable bonds is 4. The number of aromatic nitrogens is 1. The summed E-state index contributed by atoms with van der Waals surface area (Å²) in [5, 5.41) is 8.72. The molecule has 4 nitrogen and oxygen atoms in total. The molecule has 2 aliphatic rings. The first-order valence-electron chi connectivity index (χ1n) is 10.3. The molecule has 28 heavy (non-hydrogen) atoms. The van der Waals surface area contributed by atoms with Gasteiger partial charge in [-0.3, -0.25) is 0 Å². The van der Waals surface area contributed by atoms with Crippen molar-refractivity contribution in [2.24, 2.45) is 0 Å². The molecule has 1 N–H and O–H groups in total. The second kappa shape index (κ2) is 7.58. The van der Waals surface area contributed by atoms with Crippen LogP contribution in [-0.2, 0) is 19.4 Å². The average Bonchev–Trinajstić information content (AvgIpc) is 3.26. The maximum atomic E-state index is 13.4. The summed E-state index contributed by atoms with van der Waals surface area (Å²) in [5.74, 6) is 0.136. The third-order valence-corrected chi connectivity index (χ3v) is 7.54. The van der Waals surface area contributed by atoms with Gasteiger partial charge in [-0.25, -0.2) is 4.39 Å². The van der Waals surface area contributed by atoms with Gasteiger partial charge in [-0.2, -0.15) is 0 Å². The van der Waals surface area contributed by atoms with Crippen molar-refractivity contribution in [3.05, 3.63) is 50.6 Å². The molecule has 2 aliphatic heterocycles. The molecule has 5 rings (SSSR count). The van der Waals surface area contributed by atoms with Crippen LogP contribution in [-0.4, -0.2) is 36.2 Å². The molecule has 2 aromatic heterocycles. The molecule has 0 bridgehead atoms. The van der Waals surface area contributed by atoms with E-state index in [0.29, 0.717) is 11.5 Å². The molecule has 0 unspecified atom stereocenters. The highest BCUT2D eigenvalue weighted by molar-refractivity contribution is 7.12. The first kappa shape index (κ1) is 18.3. The van der Waals surface area contributed by atoms with Crippen LogP contribution in [0.5, 0.6) is 0 Å². The highest BCUT2D eigenvalue weighted by Gasteiger charge is 2.26. The third-order valence-electron chi connectivity index (χ3n) is 6.35. The quantitative estimate of drug-likeness (QED) is 0.706. The Kier molecular flexibility index (Phi) is 4.95. The van der Waals surface area contributed by atoms with Gasteiger partial charge in [-0.05, 0) is 75.5 Å². The van der Waals surface area contributed by atoms with E-state index in [1.807, 2.05) is 11.3 Å². The Morgan fingerprint density at radius 1 is 1.32 bits per heavy atom. The van der Waals surface area contributed by atoms with Crippen molar-refractivity contribution in [1.82, 2.24) is 15.4 Å². The molecule has 1 fully saturated rings. The summed E-state index contributed by atoms with van der Waals surface area (Å²) >= 11 is 1.98. The van der Waals surface area contributed by atoms with E-state index < -0.39 is 0 Å². The predicted molar refractivity (Wildman–Crippen MR) is 111 cm³/mol. The van der Waals surface area contributed by atoms with Crippen LogP contribution in [0.1, 0.15) is 45.3 Å². The van der Waals surface area contributed by atoms with Crippen molar-refractivity contribution >= 4 is 22.3 Å². The second-order valence-corrected chi connectivity index (χ2v) is 9.35. The Bertz CT molecular complexity index is 987. The van der Waals surface area contributed by atoms with Gasteiger partial charge in [0.25, 0.3) is 0 Å². The van der Waals surface area contributed by atoms with Crippen LogP contribution in [0.4, 0.5) is 4.39 Å². The lowest BCUT2D eigenvalue weighted by Crippen LogP contribution is -2.34. The van der Waals surface area contributed by atoms with Crippen molar-refractivity contribution in [3.8, 4) is 0 Å². The van der Waals surface area contributed by atoms with Crippen molar-refractivity contribution < 1.29 is 8.91 Å². The monoisotopic (exact) mass is 399 g/mol. The van der Waals surface area contributed by atoms with E-state index in [1.165, 1.54) is 23.4 Å². The molecule has 1 saturated heterocycles. The van der Waals surface area contributed by atoms with Crippen LogP contribution in [0.15, 0.2) is 22.7 Å². The van der Waals surface area contributed by atoms with Crippen molar-refractivity contribution in [1.29, 1.82) is 0 Å². The van der Waals surface area contributed by atoms with Gasteiger partial charge >= 0.3 is 0 Å². The minimum absolute atomic E-state index is 0.272. The number of halogens is 1. The Morgan fingerprint density at radius 2 is 2.18 bits per heavy atom. The fourth-order valence-electron chi connectivity index (χ4n) is 4.79. The first-order valence-corrected chi connectivity index (χ1v) is 11.1. The number of benzene rings is 1. The molecule has 0 aliphatic carbocycles. The number of piperidine rings is 1. The first-order chi connectivity index (χ1) is 13.7. The Hall–Kier alpha value is -1.76. The molecule has 0 radical (unpaired) electrons. The molecule has 0 amide bonds. The van der Waals surface area contributed by atoms with E-state index >= 15 is 0 Å². The number of thiophene rings is 1. The lowest BCUT2D eigenvalue weighted by atomic mass is 9.91. The van der Waals surface area contributed by atoms with Gasteiger partial charge in [0.2, 0.25) is 0 Å². The largest absolute Gasteiger partial charge is 0.356 e. The van der Waals surface area contributed by atoms with Crippen molar-refractivity contribution in [2.45, 2.75) is 45.1 Å². The van der Waals surface area contributed by atoms with Gasteiger partial charge in [0, 0.05) is 40.2 Å². The average molecular weight is 400 g/mol. The molecule has 0 spiro atoms. The summed E-state index contributed by atoms with van der Waals surface area (Å²) in [4.78, 5) is 5.64. The number of fused-ring (bicyclic) bond motifs is 2. The van der Waals surface area contributed by atoms with Gasteiger partial charge in [-0.1, -0.05) is 5.16 Å². The predicted octanol–water partition coefficient (Wildman–Crippen LogP) is 4.40. The lowest BCUT2D eigenvalue weighted by molar-refractivity contribution is 0.211. The number of hydrogen-bond donors (Lipinski definition) is 1. The summed E-state index contributed by atoms with van der Waals surface area (Å²) < 4.78 is 18.7. The maximum absolute atomic E-state index is 13.4. The third kappa shape index (κ3) is 3.38. The Morgan fingerprint density at radius 3 is 3.04 bits per heavy atom. The van der Waals surface area contributed by atoms with Gasteiger partial charge < -0.3 is 14.7 Å². The lowest BCUT2D eigenvalue weighted by Gasteiger charge is -2.31. The van der Waals surface area contributed by atoms with Gasteiger partial charge in [0.15, 0.2) is 5.58 Å². The maximum Gasteiger partial charge on any atom is 0.170 e. The van der Waals surface area contributed by atoms with E-state index in [2.05, 4.69) is 22.3 Å².